The van der Waals surface area contributed by atoms with E-state index < -0.39 is 0 Å². The van der Waals surface area contributed by atoms with Gasteiger partial charge in [-0.15, -0.1) is 0 Å². The molecule has 104 valence electrons. The van der Waals surface area contributed by atoms with Crippen molar-refractivity contribution in [1.29, 1.82) is 0 Å². The molecule has 2 fully saturated rings. The van der Waals surface area contributed by atoms with Crippen LogP contribution in [0.2, 0.25) is 0 Å². The van der Waals surface area contributed by atoms with E-state index in [1.54, 1.807) is 0 Å². The molecule has 0 bridgehead atoms. The third-order valence-electron chi connectivity index (χ3n) is 3.62. The van der Waals surface area contributed by atoms with Gasteiger partial charge >= 0.3 is 0 Å². The fourth-order valence-electron chi connectivity index (χ4n) is 2.17. The highest BCUT2D eigenvalue weighted by molar-refractivity contribution is 5.77. The quantitative estimate of drug-likeness (QED) is 0.626. The van der Waals surface area contributed by atoms with Gasteiger partial charge in [0.05, 0.1) is 13.2 Å². The second kappa shape index (κ2) is 7.07. The number of amides is 1. The standard InChI is InChI=1S/C13H25N3O2/c14-12-3-6-16(7-4-12)9-13(17)15-5-8-18-10-11-1-2-11/h11-12H,1-10,14H2,(H,15,17). The Balaban J connectivity index is 1.46. The minimum Gasteiger partial charge on any atom is -0.379 e. The van der Waals surface area contributed by atoms with E-state index >= 15 is 0 Å². The van der Waals surface area contributed by atoms with Crippen molar-refractivity contribution in [1.82, 2.24) is 10.2 Å². The van der Waals surface area contributed by atoms with Crippen LogP contribution in [-0.2, 0) is 9.53 Å². The SMILES string of the molecule is NC1CCN(CC(=O)NCCOCC2CC2)CC1. The van der Waals surface area contributed by atoms with E-state index in [1.165, 1.54) is 12.8 Å². The number of nitrogens with one attached hydrogen (secondary N) is 1. The summed E-state index contributed by atoms with van der Waals surface area (Å²) in [5, 5.41) is 2.90. The van der Waals surface area contributed by atoms with Crippen LogP contribution in [0.3, 0.4) is 0 Å². The first-order chi connectivity index (χ1) is 8.74. The fraction of sp³-hybridized carbons (Fsp3) is 0.923. The fourth-order valence-corrected chi connectivity index (χ4v) is 2.17. The summed E-state index contributed by atoms with van der Waals surface area (Å²) in [4.78, 5) is 13.8. The van der Waals surface area contributed by atoms with Gasteiger partial charge in [-0.05, 0) is 31.6 Å². The van der Waals surface area contributed by atoms with Crippen molar-refractivity contribution in [3.8, 4) is 0 Å². The highest BCUT2D eigenvalue weighted by Gasteiger charge is 2.21. The van der Waals surface area contributed by atoms with Crippen LogP contribution in [0.1, 0.15) is 25.7 Å². The lowest BCUT2D eigenvalue weighted by molar-refractivity contribution is -0.122. The summed E-state index contributed by atoms with van der Waals surface area (Å²) in [6, 6.07) is 0.320. The molecule has 1 saturated heterocycles. The third kappa shape index (κ3) is 5.33. The molecule has 18 heavy (non-hydrogen) atoms. The Kier molecular flexibility index (Phi) is 5.41. The summed E-state index contributed by atoms with van der Waals surface area (Å²) in [6.07, 6.45) is 4.61. The summed E-state index contributed by atoms with van der Waals surface area (Å²) in [7, 11) is 0. The molecule has 2 rings (SSSR count). The number of carbonyl (C=O) groups is 1. The van der Waals surface area contributed by atoms with Crippen LogP contribution < -0.4 is 11.1 Å². The van der Waals surface area contributed by atoms with Gasteiger partial charge in [-0.1, -0.05) is 0 Å². The highest BCUT2D eigenvalue weighted by Crippen LogP contribution is 2.28. The van der Waals surface area contributed by atoms with Crippen LogP contribution in [-0.4, -0.2) is 56.2 Å². The maximum absolute atomic E-state index is 11.7. The van der Waals surface area contributed by atoms with Crippen molar-refractivity contribution in [3.63, 3.8) is 0 Å². The summed E-state index contributed by atoms with van der Waals surface area (Å²) >= 11 is 0. The number of piperidine rings is 1. The second-order valence-corrected chi connectivity index (χ2v) is 5.48. The molecule has 3 N–H and O–H groups in total. The molecule has 5 heteroatoms. The number of rotatable bonds is 7. The van der Waals surface area contributed by atoms with Gasteiger partial charge < -0.3 is 15.8 Å². The molecule has 0 radical (unpaired) electrons. The highest BCUT2D eigenvalue weighted by atomic mass is 16.5. The molecule has 0 aromatic rings. The number of nitrogens with zero attached hydrogens (tertiary/aromatic N) is 1. The van der Waals surface area contributed by atoms with Gasteiger partial charge in [0, 0.05) is 32.3 Å². The molecule has 1 amide bonds. The van der Waals surface area contributed by atoms with E-state index in [1.807, 2.05) is 0 Å². The van der Waals surface area contributed by atoms with Crippen molar-refractivity contribution in [2.45, 2.75) is 31.7 Å². The molecule has 5 nitrogen and oxygen atoms in total. The lowest BCUT2D eigenvalue weighted by atomic mass is 10.1. The van der Waals surface area contributed by atoms with Crippen LogP contribution in [0.25, 0.3) is 0 Å². The number of hydrogen-bond donors (Lipinski definition) is 2. The molecule has 0 aromatic carbocycles. The maximum Gasteiger partial charge on any atom is 0.234 e. The summed E-state index contributed by atoms with van der Waals surface area (Å²) in [6.45, 7) is 4.49. The normalized spacial score (nSPS) is 22.1. The molecule has 1 saturated carbocycles. The zero-order valence-corrected chi connectivity index (χ0v) is 11.1. The van der Waals surface area contributed by atoms with Gasteiger partial charge in [-0.25, -0.2) is 0 Å². The predicted octanol–water partition coefficient (Wildman–Crippen LogP) is -0.0477. The largest absolute Gasteiger partial charge is 0.379 e. The van der Waals surface area contributed by atoms with Gasteiger partial charge in [0.2, 0.25) is 5.91 Å². The van der Waals surface area contributed by atoms with Gasteiger partial charge in [0.1, 0.15) is 0 Å². The molecule has 0 atom stereocenters. The Morgan fingerprint density at radius 1 is 1.28 bits per heavy atom. The van der Waals surface area contributed by atoms with E-state index in [-0.39, 0.29) is 5.91 Å². The van der Waals surface area contributed by atoms with Crippen LogP contribution in [0.4, 0.5) is 0 Å². The topological polar surface area (TPSA) is 67.6 Å². The zero-order valence-electron chi connectivity index (χ0n) is 11.1. The first kappa shape index (κ1) is 13.8. The Labute approximate surface area is 109 Å². The van der Waals surface area contributed by atoms with E-state index in [4.69, 9.17) is 10.5 Å². The van der Waals surface area contributed by atoms with E-state index in [2.05, 4.69) is 10.2 Å². The van der Waals surface area contributed by atoms with E-state index in [0.717, 1.165) is 38.5 Å². The van der Waals surface area contributed by atoms with Crippen molar-refractivity contribution >= 4 is 5.91 Å². The van der Waals surface area contributed by atoms with Crippen molar-refractivity contribution in [3.05, 3.63) is 0 Å². The first-order valence-corrected chi connectivity index (χ1v) is 7.06. The Bertz CT molecular complexity index is 261. The molecule has 0 spiro atoms. The Morgan fingerprint density at radius 2 is 2.00 bits per heavy atom. The lowest BCUT2D eigenvalue weighted by Gasteiger charge is -2.29. The average Bonchev–Trinajstić information content (AvgIpc) is 3.16. The second-order valence-electron chi connectivity index (χ2n) is 5.48. The minimum absolute atomic E-state index is 0.0977. The third-order valence-corrected chi connectivity index (χ3v) is 3.62. The zero-order chi connectivity index (χ0) is 12.8. The summed E-state index contributed by atoms with van der Waals surface area (Å²) in [5.74, 6) is 0.888. The molecular weight excluding hydrogens is 230 g/mol. The Morgan fingerprint density at radius 3 is 2.67 bits per heavy atom. The van der Waals surface area contributed by atoms with Crippen LogP contribution >= 0.6 is 0 Å². The molecule has 1 aliphatic heterocycles. The number of likely N-dealkylation sites (tertiary alicyclic amines) is 1. The van der Waals surface area contributed by atoms with Gasteiger partial charge in [-0.3, -0.25) is 9.69 Å². The number of carbonyl (C=O) groups excluding carboxylic acids is 1. The molecular formula is C13H25N3O2. The van der Waals surface area contributed by atoms with Gasteiger partial charge in [-0.2, -0.15) is 0 Å². The molecule has 1 heterocycles. The molecule has 2 aliphatic rings. The number of ether oxygens (including phenoxy) is 1. The van der Waals surface area contributed by atoms with Crippen molar-refractivity contribution in [2.24, 2.45) is 11.7 Å². The molecule has 0 aromatic heterocycles. The summed E-state index contributed by atoms with van der Waals surface area (Å²) in [5.41, 5.74) is 5.83. The van der Waals surface area contributed by atoms with E-state index in [9.17, 15) is 4.79 Å². The molecule has 1 aliphatic carbocycles. The average molecular weight is 255 g/mol. The van der Waals surface area contributed by atoms with E-state index in [0.29, 0.717) is 25.7 Å². The lowest BCUT2D eigenvalue weighted by Crippen LogP contribution is -2.45. The molecule has 0 unspecified atom stereocenters. The Hall–Kier alpha value is -0.650. The monoisotopic (exact) mass is 255 g/mol. The maximum atomic E-state index is 11.7. The van der Waals surface area contributed by atoms with Crippen molar-refractivity contribution in [2.75, 3.05) is 39.4 Å². The van der Waals surface area contributed by atoms with Crippen molar-refractivity contribution < 1.29 is 9.53 Å². The van der Waals surface area contributed by atoms with Crippen LogP contribution in [0, 0.1) is 5.92 Å². The van der Waals surface area contributed by atoms with Crippen LogP contribution in [0.15, 0.2) is 0 Å². The van der Waals surface area contributed by atoms with Crippen LogP contribution in [0.5, 0.6) is 0 Å². The smallest absolute Gasteiger partial charge is 0.234 e. The summed E-state index contributed by atoms with van der Waals surface area (Å²) < 4.78 is 5.47. The minimum atomic E-state index is 0.0977. The number of hydrogen-bond acceptors (Lipinski definition) is 4. The van der Waals surface area contributed by atoms with Gasteiger partial charge in [0.15, 0.2) is 0 Å². The predicted molar refractivity (Wildman–Crippen MR) is 70.2 cm³/mol. The van der Waals surface area contributed by atoms with Gasteiger partial charge in [0.25, 0.3) is 0 Å². The number of nitrogens with two attached hydrogens (primary N) is 1. The first-order valence-electron chi connectivity index (χ1n) is 7.06.